The maximum Gasteiger partial charge on any atom is 0.263 e. The topological polar surface area (TPSA) is 22.0 Å². The van der Waals surface area contributed by atoms with Crippen LogP contribution in [0.4, 0.5) is 0 Å². The summed E-state index contributed by atoms with van der Waals surface area (Å²) in [6.07, 6.45) is 0. The van der Waals surface area contributed by atoms with Gasteiger partial charge in [-0.05, 0) is 124 Å². The van der Waals surface area contributed by atoms with Gasteiger partial charge in [-0.2, -0.15) is 0 Å². The summed E-state index contributed by atoms with van der Waals surface area (Å²) in [5.74, 6) is 0. The molecule has 0 aliphatic carbocycles. The van der Waals surface area contributed by atoms with Crippen LogP contribution in [0.25, 0.3) is 103 Å². The Kier molecular flexibility index (Phi) is 6.44. The van der Waals surface area contributed by atoms with Crippen LogP contribution in [0.15, 0.2) is 193 Å². The molecular weight excluding hydrogens is 643 g/mol. The fourth-order valence-corrected chi connectivity index (χ4v) is 8.60. The van der Waals surface area contributed by atoms with Crippen LogP contribution in [-0.4, -0.2) is 4.57 Å². The Labute approximate surface area is 305 Å². The predicted octanol–water partition coefficient (Wildman–Crippen LogP) is 13.2. The van der Waals surface area contributed by atoms with Crippen LogP contribution >= 0.6 is 0 Å². The van der Waals surface area contributed by atoms with Crippen LogP contribution in [-0.2, 0) is 0 Å². The summed E-state index contributed by atoms with van der Waals surface area (Å²) in [5.41, 5.74) is 6.24. The standard InChI is InChI=1S/C51H31NO/c53-51-47-16-8-7-15-45(47)49-31-36(34-21-26-40-37(29-34)18-17-33-9-1-2-10-39(33)40)23-28-50(49)52(51)38-24-19-32(20-25-38)35-22-27-46-43-13-4-3-11-41(43)42-12-5-6-14-44(42)48(46)30-35/h1-31H. The maximum absolute atomic E-state index is 14.2. The van der Waals surface area contributed by atoms with Crippen molar-refractivity contribution in [3.63, 3.8) is 0 Å². The van der Waals surface area contributed by atoms with Crippen molar-refractivity contribution in [1.82, 2.24) is 4.57 Å². The van der Waals surface area contributed by atoms with E-state index in [2.05, 4.69) is 170 Å². The number of nitrogens with zero attached hydrogens (tertiary/aromatic N) is 1. The fourth-order valence-electron chi connectivity index (χ4n) is 8.60. The van der Waals surface area contributed by atoms with E-state index in [4.69, 9.17) is 0 Å². The number of benzene rings is 10. The Morgan fingerprint density at radius 3 is 1.42 bits per heavy atom. The molecule has 2 heteroatoms. The molecule has 0 aliphatic heterocycles. The van der Waals surface area contributed by atoms with E-state index in [-0.39, 0.29) is 5.56 Å². The third-order valence-electron chi connectivity index (χ3n) is 11.2. The van der Waals surface area contributed by atoms with Gasteiger partial charge >= 0.3 is 0 Å². The first-order valence-electron chi connectivity index (χ1n) is 18.1. The van der Waals surface area contributed by atoms with E-state index >= 15 is 0 Å². The molecule has 0 radical (unpaired) electrons. The number of hydrogen-bond acceptors (Lipinski definition) is 1. The molecule has 0 unspecified atom stereocenters. The van der Waals surface area contributed by atoms with Crippen LogP contribution in [0.5, 0.6) is 0 Å². The number of rotatable bonds is 3. The summed E-state index contributed by atoms with van der Waals surface area (Å²) in [7, 11) is 0. The summed E-state index contributed by atoms with van der Waals surface area (Å²) < 4.78 is 1.87. The zero-order valence-corrected chi connectivity index (χ0v) is 28.8. The van der Waals surface area contributed by atoms with Crippen molar-refractivity contribution in [3.8, 4) is 27.9 Å². The van der Waals surface area contributed by atoms with Gasteiger partial charge in [-0.25, -0.2) is 0 Å². The average molecular weight is 674 g/mol. The Hall–Kier alpha value is -7.03. The SMILES string of the molecule is O=c1c2ccccc2c2cc(-c3ccc4c(ccc5ccccc54)c3)ccc2n1-c1ccc(-c2ccc3c4ccccc4c4ccccc4c3c2)cc1. The van der Waals surface area contributed by atoms with Gasteiger partial charge in [-0.15, -0.1) is 0 Å². The zero-order chi connectivity index (χ0) is 35.0. The van der Waals surface area contributed by atoms with Gasteiger partial charge in [0.1, 0.15) is 0 Å². The van der Waals surface area contributed by atoms with Crippen molar-refractivity contribution in [2.75, 3.05) is 0 Å². The van der Waals surface area contributed by atoms with E-state index in [0.29, 0.717) is 5.39 Å². The van der Waals surface area contributed by atoms with E-state index in [1.807, 2.05) is 22.8 Å². The quantitative estimate of drug-likeness (QED) is 0.171. The summed E-state index contributed by atoms with van der Waals surface area (Å²) in [5, 5.41) is 15.3. The monoisotopic (exact) mass is 673 g/mol. The lowest BCUT2D eigenvalue weighted by atomic mass is 9.92. The summed E-state index contributed by atoms with van der Waals surface area (Å²) in [6, 6.07) is 66.7. The van der Waals surface area contributed by atoms with Crippen LogP contribution in [0.3, 0.4) is 0 Å². The van der Waals surface area contributed by atoms with Gasteiger partial charge < -0.3 is 0 Å². The van der Waals surface area contributed by atoms with Crippen molar-refractivity contribution >= 4 is 75.5 Å². The molecule has 246 valence electrons. The largest absolute Gasteiger partial charge is 0.276 e. The highest BCUT2D eigenvalue weighted by atomic mass is 16.1. The lowest BCUT2D eigenvalue weighted by Crippen LogP contribution is -2.19. The van der Waals surface area contributed by atoms with E-state index in [9.17, 15) is 4.79 Å². The Balaban J connectivity index is 1.04. The molecule has 0 N–H and O–H groups in total. The lowest BCUT2D eigenvalue weighted by molar-refractivity contribution is 1.06. The van der Waals surface area contributed by atoms with Gasteiger partial charge in [-0.1, -0.05) is 146 Å². The van der Waals surface area contributed by atoms with Crippen molar-refractivity contribution in [2.24, 2.45) is 0 Å². The molecule has 10 aromatic carbocycles. The lowest BCUT2D eigenvalue weighted by Gasteiger charge is -2.16. The highest BCUT2D eigenvalue weighted by molar-refractivity contribution is 6.25. The maximum atomic E-state index is 14.2. The van der Waals surface area contributed by atoms with Gasteiger partial charge in [0.15, 0.2) is 0 Å². The molecule has 0 saturated heterocycles. The Bertz CT molecular complexity index is 3320. The molecule has 1 heterocycles. The first-order valence-corrected chi connectivity index (χ1v) is 18.1. The molecule has 0 aliphatic rings. The van der Waals surface area contributed by atoms with E-state index in [0.717, 1.165) is 44.2 Å². The molecule has 2 nitrogen and oxygen atoms in total. The number of aromatic nitrogens is 1. The van der Waals surface area contributed by atoms with E-state index in [1.165, 1.54) is 53.9 Å². The van der Waals surface area contributed by atoms with Crippen LogP contribution in [0.1, 0.15) is 0 Å². The highest BCUT2D eigenvalue weighted by Gasteiger charge is 2.15. The molecule has 0 bridgehead atoms. The van der Waals surface area contributed by atoms with Gasteiger partial charge in [0.2, 0.25) is 0 Å². The van der Waals surface area contributed by atoms with E-state index in [1.54, 1.807) is 0 Å². The molecule has 1 aromatic heterocycles. The van der Waals surface area contributed by atoms with Gasteiger partial charge in [-0.3, -0.25) is 9.36 Å². The minimum absolute atomic E-state index is 0.0183. The second-order valence-electron chi connectivity index (χ2n) is 14.0. The third kappa shape index (κ3) is 4.56. The van der Waals surface area contributed by atoms with Crippen molar-refractivity contribution in [1.29, 1.82) is 0 Å². The second kappa shape index (κ2) is 11.5. The summed E-state index contributed by atoms with van der Waals surface area (Å²) >= 11 is 0. The Morgan fingerprint density at radius 1 is 0.283 bits per heavy atom. The second-order valence-corrected chi connectivity index (χ2v) is 14.0. The van der Waals surface area contributed by atoms with Crippen LogP contribution < -0.4 is 5.56 Å². The van der Waals surface area contributed by atoms with Crippen molar-refractivity contribution in [2.45, 2.75) is 0 Å². The number of pyridine rings is 1. The number of hydrogen-bond donors (Lipinski definition) is 0. The molecule has 0 saturated carbocycles. The first-order chi connectivity index (χ1) is 26.2. The first kappa shape index (κ1) is 29.7. The molecule has 0 atom stereocenters. The molecule has 11 rings (SSSR count). The van der Waals surface area contributed by atoms with Gasteiger partial charge in [0.05, 0.1) is 5.52 Å². The fraction of sp³-hybridized carbons (Fsp3) is 0. The summed E-state index contributed by atoms with van der Waals surface area (Å²) in [4.78, 5) is 14.2. The molecule has 0 fully saturated rings. The van der Waals surface area contributed by atoms with Crippen molar-refractivity contribution < 1.29 is 0 Å². The molecular formula is C51H31NO. The third-order valence-corrected chi connectivity index (χ3v) is 11.2. The minimum atomic E-state index is -0.0183. The predicted molar refractivity (Wildman–Crippen MR) is 225 cm³/mol. The molecule has 0 amide bonds. The molecule has 11 aromatic rings. The zero-order valence-electron chi connectivity index (χ0n) is 28.8. The highest BCUT2D eigenvalue weighted by Crippen LogP contribution is 2.38. The average Bonchev–Trinajstić information content (AvgIpc) is 3.23. The van der Waals surface area contributed by atoms with E-state index < -0.39 is 0 Å². The smallest absolute Gasteiger partial charge is 0.263 e. The van der Waals surface area contributed by atoms with Crippen molar-refractivity contribution in [3.05, 3.63) is 198 Å². The normalized spacial score (nSPS) is 11.8. The van der Waals surface area contributed by atoms with Crippen LogP contribution in [0.2, 0.25) is 0 Å². The van der Waals surface area contributed by atoms with Gasteiger partial charge in [0, 0.05) is 16.5 Å². The van der Waals surface area contributed by atoms with Crippen LogP contribution in [0, 0.1) is 0 Å². The molecule has 0 spiro atoms. The minimum Gasteiger partial charge on any atom is -0.276 e. The Morgan fingerprint density at radius 2 is 0.717 bits per heavy atom. The number of fused-ring (bicyclic) bond motifs is 12. The molecule has 53 heavy (non-hydrogen) atoms. The summed E-state index contributed by atoms with van der Waals surface area (Å²) in [6.45, 7) is 0. The van der Waals surface area contributed by atoms with Gasteiger partial charge in [0.25, 0.3) is 5.56 Å².